The molecule has 0 aliphatic heterocycles. The van der Waals surface area contributed by atoms with Gasteiger partial charge in [-0.3, -0.25) is 0 Å². The quantitative estimate of drug-likeness (QED) is 0.681. The summed E-state index contributed by atoms with van der Waals surface area (Å²) in [6.45, 7) is 11.1. The summed E-state index contributed by atoms with van der Waals surface area (Å²) in [5.41, 5.74) is 1.76. The van der Waals surface area contributed by atoms with Crippen molar-refractivity contribution >= 4 is 0 Å². The summed E-state index contributed by atoms with van der Waals surface area (Å²) in [5.74, 6) is 0.763. The van der Waals surface area contributed by atoms with E-state index >= 15 is 0 Å². The Morgan fingerprint density at radius 2 is 2.07 bits per heavy atom. The van der Waals surface area contributed by atoms with Gasteiger partial charge in [-0.25, -0.2) is 0 Å². The zero-order valence-corrected chi connectivity index (χ0v) is 10.2. The molecule has 0 spiro atoms. The van der Waals surface area contributed by atoms with Crippen molar-refractivity contribution in [2.75, 3.05) is 7.05 Å². The highest BCUT2D eigenvalue weighted by molar-refractivity contribution is 5.07. The largest absolute Gasteiger partial charge is 0.313 e. The molecule has 14 heavy (non-hydrogen) atoms. The molecule has 1 saturated carbocycles. The lowest BCUT2D eigenvalue weighted by Crippen LogP contribution is -2.43. The third-order valence-electron chi connectivity index (χ3n) is 3.83. The summed E-state index contributed by atoms with van der Waals surface area (Å²) in [5, 5.41) is 3.43. The average Bonchev–Trinajstić information content (AvgIpc) is 2.08. The van der Waals surface area contributed by atoms with Crippen LogP contribution in [-0.4, -0.2) is 13.1 Å². The SMILES string of the molecule is C=C(C)C(NC)C1CCCCC1(C)C. The second-order valence-corrected chi connectivity index (χ2v) is 5.45. The van der Waals surface area contributed by atoms with Crippen molar-refractivity contribution in [3.63, 3.8) is 0 Å². The fourth-order valence-electron chi connectivity index (χ4n) is 2.93. The molecule has 1 aliphatic rings. The van der Waals surface area contributed by atoms with Gasteiger partial charge in [0.1, 0.15) is 0 Å². The van der Waals surface area contributed by atoms with E-state index in [0.29, 0.717) is 11.5 Å². The highest BCUT2D eigenvalue weighted by Gasteiger charge is 2.36. The topological polar surface area (TPSA) is 12.0 Å². The van der Waals surface area contributed by atoms with E-state index in [1.807, 2.05) is 0 Å². The Bertz CT molecular complexity index is 205. The van der Waals surface area contributed by atoms with Gasteiger partial charge in [-0.1, -0.05) is 38.8 Å². The van der Waals surface area contributed by atoms with Gasteiger partial charge in [0.2, 0.25) is 0 Å². The second kappa shape index (κ2) is 4.48. The molecular weight excluding hydrogens is 170 g/mol. The summed E-state index contributed by atoms with van der Waals surface area (Å²) >= 11 is 0. The van der Waals surface area contributed by atoms with E-state index in [-0.39, 0.29) is 0 Å². The average molecular weight is 195 g/mol. The molecule has 2 atom stereocenters. The number of hydrogen-bond acceptors (Lipinski definition) is 1. The zero-order chi connectivity index (χ0) is 10.8. The molecule has 0 radical (unpaired) electrons. The van der Waals surface area contributed by atoms with E-state index in [9.17, 15) is 0 Å². The fourth-order valence-corrected chi connectivity index (χ4v) is 2.93. The van der Waals surface area contributed by atoms with Crippen molar-refractivity contribution < 1.29 is 0 Å². The first kappa shape index (κ1) is 11.8. The van der Waals surface area contributed by atoms with Crippen LogP contribution >= 0.6 is 0 Å². The third-order valence-corrected chi connectivity index (χ3v) is 3.83. The van der Waals surface area contributed by atoms with Crippen LogP contribution < -0.4 is 5.32 Å². The minimum Gasteiger partial charge on any atom is -0.313 e. The molecule has 0 aromatic heterocycles. The molecule has 0 bridgehead atoms. The first-order chi connectivity index (χ1) is 6.49. The Morgan fingerprint density at radius 3 is 2.50 bits per heavy atom. The van der Waals surface area contributed by atoms with Gasteiger partial charge >= 0.3 is 0 Å². The van der Waals surface area contributed by atoms with Crippen molar-refractivity contribution in [3.05, 3.63) is 12.2 Å². The molecular formula is C13H25N. The molecule has 2 unspecified atom stereocenters. The molecule has 0 amide bonds. The van der Waals surface area contributed by atoms with E-state index < -0.39 is 0 Å². The van der Waals surface area contributed by atoms with Crippen molar-refractivity contribution in [1.29, 1.82) is 0 Å². The lowest BCUT2D eigenvalue weighted by molar-refractivity contribution is 0.113. The molecule has 82 valence electrons. The monoisotopic (exact) mass is 195 g/mol. The van der Waals surface area contributed by atoms with Crippen LogP contribution in [0.5, 0.6) is 0 Å². The maximum absolute atomic E-state index is 4.10. The summed E-state index contributed by atoms with van der Waals surface area (Å²) < 4.78 is 0. The predicted octanol–water partition coefficient (Wildman–Crippen LogP) is 3.37. The Kier molecular flexibility index (Phi) is 3.77. The van der Waals surface area contributed by atoms with E-state index in [2.05, 4.69) is 39.7 Å². The van der Waals surface area contributed by atoms with Gasteiger partial charge in [0, 0.05) is 6.04 Å². The van der Waals surface area contributed by atoms with E-state index in [1.54, 1.807) is 0 Å². The molecule has 0 aromatic carbocycles. The van der Waals surface area contributed by atoms with Gasteiger partial charge in [0.15, 0.2) is 0 Å². The zero-order valence-electron chi connectivity index (χ0n) is 10.2. The van der Waals surface area contributed by atoms with Crippen LogP contribution in [0.15, 0.2) is 12.2 Å². The molecule has 1 nitrogen and oxygen atoms in total. The Morgan fingerprint density at radius 1 is 1.43 bits per heavy atom. The number of nitrogens with one attached hydrogen (secondary N) is 1. The Hall–Kier alpha value is -0.300. The van der Waals surface area contributed by atoms with Crippen molar-refractivity contribution in [2.45, 2.75) is 52.5 Å². The third kappa shape index (κ3) is 2.38. The van der Waals surface area contributed by atoms with Gasteiger partial charge in [-0.15, -0.1) is 0 Å². The standard InChI is InChI=1S/C13H25N/c1-10(2)12(14-5)11-8-6-7-9-13(11,3)4/h11-12,14H,1,6-9H2,2-5H3. The van der Waals surface area contributed by atoms with Crippen molar-refractivity contribution in [1.82, 2.24) is 5.32 Å². The van der Waals surface area contributed by atoms with Crippen LogP contribution in [0.25, 0.3) is 0 Å². The normalized spacial score (nSPS) is 28.4. The lowest BCUT2D eigenvalue weighted by atomic mass is 9.65. The highest BCUT2D eigenvalue weighted by Crippen LogP contribution is 2.43. The predicted molar refractivity (Wildman–Crippen MR) is 63.4 cm³/mol. The van der Waals surface area contributed by atoms with Gasteiger partial charge in [0.25, 0.3) is 0 Å². The summed E-state index contributed by atoms with van der Waals surface area (Å²) in [6, 6.07) is 0.505. The van der Waals surface area contributed by atoms with E-state index in [0.717, 1.165) is 5.92 Å². The maximum Gasteiger partial charge on any atom is 0.0304 e. The van der Waals surface area contributed by atoms with Crippen LogP contribution in [0.1, 0.15) is 46.5 Å². The van der Waals surface area contributed by atoms with E-state index in [1.165, 1.54) is 31.3 Å². The fraction of sp³-hybridized carbons (Fsp3) is 0.846. The summed E-state index contributed by atoms with van der Waals surface area (Å²) in [7, 11) is 2.06. The molecule has 1 N–H and O–H groups in total. The van der Waals surface area contributed by atoms with Crippen LogP contribution in [-0.2, 0) is 0 Å². The lowest BCUT2D eigenvalue weighted by Gasteiger charge is -2.43. The molecule has 1 fully saturated rings. The van der Waals surface area contributed by atoms with Crippen molar-refractivity contribution in [3.8, 4) is 0 Å². The van der Waals surface area contributed by atoms with Gasteiger partial charge in [0.05, 0.1) is 0 Å². The molecule has 0 saturated heterocycles. The van der Waals surface area contributed by atoms with Crippen molar-refractivity contribution in [2.24, 2.45) is 11.3 Å². The maximum atomic E-state index is 4.10. The van der Waals surface area contributed by atoms with Crippen LogP contribution in [0.4, 0.5) is 0 Å². The van der Waals surface area contributed by atoms with E-state index in [4.69, 9.17) is 0 Å². The summed E-state index contributed by atoms with van der Waals surface area (Å²) in [4.78, 5) is 0. The van der Waals surface area contributed by atoms with Gasteiger partial charge in [-0.2, -0.15) is 0 Å². The molecule has 1 aliphatic carbocycles. The first-order valence-electron chi connectivity index (χ1n) is 5.81. The number of rotatable bonds is 3. The number of likely N-dealkylation sites (N-methyl/N-ethyl adjacent to an activating group) is 1. The molecule has 0 aromatic rings. The number of hydrogen-bond donors (Lipinski definition) is 1. The van der Waals surface area contributed by atoms with Gasteiger partial charge in [-0.05, 0) is 38.1 Å². The summed E-state index contributed by atoms with van der Waals surface area (Å²) in [6.07, 6.45) is 5.50. The van der Waals surface area contributed by atoms with Gasteiger partial charge < -0.3 is 5.32 Å². The van der Waals surface area contributed by atoms with Crippen LogP contribution in [0.2, 0.25) is 0 Å². The Balaban J connectivity index is 2.76. The smallest absolute Gasteiger partial charge is 0.0304 e. The molecule has 1 rings (SSSR count). The van der Waals surface area contributed by atoms with Crippen LogP contribution in [0, 0.1) is 11.3 Å². The second-order valence-electron chi connectivity index (χ2n) is 5.45. The first-order valence-corrected chi connectivity index (χ1v) is 5.81. The van der Waals surface area contributed by atoms with Crippen LogP contribution in [0.3, 0.4) is 0 Å². The minimum atomic E-state index is 0.477. The molecule has 0 heterocycles. The highest BCUT2D eigenvalue weighted by atomic mass is 14.9. The minimum absolute atomic E-state index is 0.477. The Labute approximate surface area is 89.0 Å². The molecule has 1 heteroatoms.